The zero-order chi connectivity index (χ0) is 16.0. The van der Waals surface area contributed by atoms with E-state index in [4.69, 9.17) is 10.2 Å². The van der Waals surface area contributed by atoms with E-state index in [9.17, 15) is 19.2 Å². The van der Waals surface area contributed by atoms with Gasteiger partial charge in [-0.25, -0.2) is 4.79 Å². The van der Waals surface area contributed by atoms with E-state index in [1.807, 2.05) is 0 Å². The van der Waals surface area contributed by atoms with Crippen LogP contribution in [0.1, 0.15) is 39.0 Å². The van der Waals surface area contributed by atoms with Gasteiger partial charge in [-0.3, -0.25) is 14.4 Å². The highest BCUT2D eigenvalue weighted by molar-refractivity contribution is 6.35. The molecule has 8 nitrogen and oxygen atoms in total. The standard InChI is InChI=1S/C13H20N2O6/c1-8(5-6-10(16)17)14-11(18)12(19)15-7-3-2-4-9(15)13(20)21/h8-9H,2-7H2,1H3,(H,14,18)(H,16,17)(H,20,21)/t8?,9-/m0/s1. The van der Waals surface area contributed by atoms with Crippen LogP contribution in [0.25, 0.3) is 0 Å². The third-order valence-electron chi connectivity index (χ3n) is 3.41. The fraction of sp³-hybridized carbons (Fsp3) is 0.692. The van der Waals surface area contributed by atoms with Gasteiger partial charge in [0, 0.05) is 19.0 Å². The molecule has 118 valence electrons. The number of hydrogen-bond donors (Lipinski definition) is 3. The Balaban J connectivity index is 2.58. The minimum Gasteiger partial charge on any atom is -0.481 e. The van der Waals surface area contributed by atoms with Gasteiger partial charge in [-0.15, -0.1) is 0 Å². The molecule has 0 radical (unpaired) electrons. The van der Waals surface area contributed by atoms with Crippen molar-refractivity contribution in [1.82, 2.24) is 10.2 Å². The number of carbonyl (C=O) groups excluding carboxylic acids is 2. The second-order valence-electron chi connectivity index (χ2n) is 5.16. The van der Waals surface area contributed by atoms with E-state index in [-0.39, 0.29) is 19.4 Å². The fourth-order valence-corrected chi connectivity index (χ4v) is 2.26. The maximum absolute atomic E-state index is 12.0. The molecule has 2 atom stereocenters. The van der Waals surface area contributed by atoms with E-state index < -0.39 is 35.8 Å². The first-order chi connectivity index (χ1) is 9.82. The maximum atomic E-state index is 12.0. The van der Waals surface area contributed by atoms with E-state index in [0.29, 0.717) is 19.3 Å². The Morgan fingerprint density at radius 1 is 1.24 bits per heavy atom. The van der Waals surface area contributed by atoms with Crippen LogP contribution in [0.15, 0.2) is 0 Å². The zero-order valence-corrected chi connectivity index (χ0v) is 11.9. The number of aliphatic carboxylic acids is 2. The highest BCUT2D eigenvalue weighted by Gasteiger charge is 2.35. The lowest BCUT2D eigenvalue weighted by Gasteiger charge is -2.32. The van der Waals surface area contributed by atoms with Crippen LogP contribution in [0.2, 0.25) is 0 Å². The van der Waals surface area contributed by atoms with Gasteiger partial charge in [0.1, 0.15) is 6.04 Å². The first-order valence-corrected chi connectivity index (χ1v) is 6.89. The van der Waals surface area contributed by atoms with Crippen LogP contribution in [0.3, 0.4) is 0 Å². The number of hydrogen-bond acceptors (Lipinski definition) is 4. The first-order valence-electron chi connectivity index (χ1n) is 6.89. The second-order valence-corrected chi connectivity index (χ2v) is 5.16. The molecule has 1 rings (SSSR count). The highest BCUT2D eigenvalue weighted by atomic mass is 16.4. The fourth-order valence-electron chi connectivity index (χ4n) is 2.26. The second kappa shape index (κ2) is 7.61. The van der Waals surface area contributed by atoms with Gasteiger partial charge in [-0.2, -0.15) is 0 Å². The summed E-state index contributed by atoms with van der Waals surface area (Å²) < 4.78 is 0. The number of carbonyl (C=O) groups is 4. The highest BCUT2D eigenvalue weighted by Crippen LogP contribution is 2.17. The van der Waals surface area contributed by atoms with Crippen LogP contribution in [0.5, 0.6) is 0 Å². The van der Waals surface area contributed by atoms with E-state index in [1.54, 1.807) is 6.92 Å². The van der Waals surface area contributed by atoms with E-state index in [1.165, 1.54) is 0 Å². The molecule has 21 heavy (non-hydrogen) atoms. The molecular weight excluding hydrogens is 280 g/mol. The van der Waals surface area contributed by atoms with Gasteiger partial charge >= 0.3 is 23.8 Å². The minimum atomic E-state index is -1.12. The van der Waals surface area contributed by atoms with Crippen molar-refractivity contribution in [3.8, 4) is 0 Å². The average molecular weight is 300 g/mol. The Morgan fingerprint density at radius 2 is 1.90 bits per heavy atom. The molecular formula is C13H20N2O6. The van der Waals surface area contributed by atoms with Crippen molar-refractivity contribution >= 4 is 23.8 Å². The molecule has 1 fully saturated rings. The predicted octanol–water partition coefficient (Wildman–Crippen LogP) is -0.178. The summed E-state index contributed by atoms with van der Waals surface area (Å²) >= 11 is 0. The molecule has 8 heteroatoms. The molecule has 3 N–H and O–H groups in total. The Hall–Kier alpha value is -2.12. The molecule has 0 bridgehead atoms. The van der Waals surface area contributed by atoms with Crippen molar-refractivity contribution in [1.29, 1.82) is 0 Å². The van der Waals surface area contributed by atoms with E-state index in [0.717, 1.165) is 4.90 Å². The van der Waals surface area contributed by atoms with Crippen molar-refractivity contribution in [2.75, 3.05) is 6.54 Å². The van der Waals surface area contributed by atoms with Crippen molar-refractivity contribution in [2.45, 2.75) is 51.1 Å². The lowest BCUT2D eigenvalue weighted by atomic mass is 10.0. The van der Waals surface area contributed by atoms with Gasteiger partial charge in [0.05, 0.1) is 0 Å². The van der Waals surface area contributed by atoms with Crippen molar-refractivity contribution < 1.29 is 29.4 Å². The quantitative estimate of drug-likeness (QED) is 0.605. The van der Waals surface area contributed by atoms with Gasteiger partial charge in [0.25, 0.3) is 0 Å². The molecule has 0 aromatic rings. The van der Waals surface area contributed by atoms with Gasteiger partial charge in [-0.05, 0) is 32.6 Å². The van der Waals surface area contributed by atoms with Crippen LogP contribution >= 0.6 is 0 Å². The Kier molecular flexibility index (Phi) is 6.13. The number of nitrogens with zero attached hydrogens (tertiary/aromatic N) is 1. The average Bonchev–Trinajstić information content (AvgIpc) is 2.44. The topological polar surface area (TPSA) is 124 Å². The SMILES string of the molecule is CC(CCC(=O)O)NC(=O)C(=O)N1CCCC[C@H]1C(=O)O. The van der Waals surface area contributed by atoms with Crippen molar-refractivity contribution in [3.05, 3.63) is 0 Å². The summed E-state index contributed by atoms with van der Waals surface area (Å²) in [5.41, 5.74) is 0. The Labute approximate surface area is 122 Å². The summed E-state index contributed by atoms with van der Waals surface area (Å²) in [6.07, 6.45) is 1.80. The number of amides is 2. The molecule has 0 aliphatic carbocycles. The number of rotatable bonds is 5. The minimum absolute atomic E-state index is 0.114. The monoisotopic (exact) mass is 300 g/mol. The zero-order valence-electron chi connectivity index (χ0n) is 11.9. The molecule has 2 amide bonds. The third kappa shape index (κ3) is 5.05. The summed E-state index contributed by atoms with van der Waals surface area (Å²) in [6, 6.07) is -1.43. The summed E-state index contributed by atoms with van der Waals surface area (Å²) in [5.74, 6) is -3.86. The first kappa shape index (κ1) is 16.9. The van der Waals surface area contributed by atoms with Crippen LogP contribution in [-0.2, 0) is 19.2 Å². The lowest BCUT2D eigenvalue weighted by Crippen LogP contribution is -2.53. The summed E-state index contributed by atoms with van der Waals surface area (Å²) in [6.45, 7) is 1.84. The number of piperidine rings is 1. The largest absolute Gasteiger partial charge is 0.481 e. The molecule has 0 spiro atoms. The summed E-state index contributed by atoms with van der Waals surface area (Å²) in [7, 11) is 0. The third-order valence-corrected chi connectivity index (χ3v) is 3.41. The van der Waals surface area contributed by atoms with Crippen molar-refractivity contribution in [3.63, 3.8) is 0 Å². The predicted molar refractivity (Wildman–Crippen MR) is 71.5 cm³/mol. The van der Waals surface area contributed by atoms with Crippen LogP contribution < -0.4 is 5.32 Å². The molecule has 1 saturated heterocycles. The smallest absolute Gasteiger partial charge is 0.326 e. The summed E-state index contributed by atoms with van der Waals surface area (Å²) in [5, 5.41) is 20.0. The summed E-state index contributed by atoms with van der Waals surface area (Å²) in [4.78, 5) is 46.5. The van der Waals surface area contributed by atoms with Crippen molar-refractivity contribution in [2.24, 2.45) is 0 Å². The van der Waals surface area contributed by atoms with Crippen LogP contribution in [0, 0.1) is 0 Å². The molecule has 0 aromatic carbocycles. The normalized spacial score (nSPS) is 19.7. The van der Waals surface area contributed by atoms with E-state index >= 15 is 0 Å². The van der Waals surface area contributed by atoms with Gasteiger partial charge in [0.2, 0.25) is 0 Å². The van der Waals surface area contributed by atoms with Gasteiger partial charge in [0.15, 0.2) is 0 Å². The molecule has 1 aliphatic rings. The number of likely N-dealkylation sites (tertiary alicyclic amines) is 1. The van der Waals surface area contributed by atoms with E-state index in [2.05, 4.69) is 5.32 Å². The molecule has 1 aliphatic heterocycles. The number of nitrogens with one attached hydrogen (secondary N) is 1. The number of carboxylic acid groups (broad SMARTS) is 2. The molecule has 1 heterocycles. The Bertz CT molecular complexity index is 436. The molecule has 0 saturated carbocycles. The van der Waals surface area contributed by atoms with Gasteiger partial charge in [-0.1, -0.05) is 0 Å². The number of carboxylic acids is 2. The Morgan fingerprint density at radius 3 is 2.48 bits per heavy atom. The maximum Gasteiger partial charge on any atom is 0.326 e. The van der Waals surface area contributed by atoms with Crippen LogP contribution in [0.4, 0.5) is 0 Å². The van der Waals surface area contributed by atoms with Gasteiger partial charge < -0.3 is 20.4 Å². The van der Waals surface area contributed by atoms with Crippen LogP contribution in [-0.4, -0.2) is 57.5 Å². The molecule has 1 unspecified atom stereocenters. The molecule has 0 aromatic heterocycles. The lowest BCUT2D eigenvalue weighted by molar-refractivity contribution is -0.156.